The Kier molecular flexibility index (Phi) is 3.20. The molecule has 0 bridgehead atoms. The summed E-state index contributed by atoms with van der Waals surface area (Å²) >= 11 is 0. The molecule has 1 rings (SSSR count). The molecule has 0 saturated carbocycles. The lowest BCUT2D eigenvalue weighted by Gasteiger charge is -2.04. The van der Waals surface area contributed by atoms with Gasteiger partial charge in [-0.2, -0.15) is 8.42 Å². The summed E-state index contributed by atoms with van der Waals surface area (Å²) in [4.78, 5) is 0. The second-order valence-corrected chi connectivity index (χ2v) is 4.02. The van der Waals surface area contributed by atoms with Crippen molar-refractivity contribution in [3.63, 3.8) is 0 Å². The monoisotopic (exact) mass is 219 g/mol. The molecule has 0 fully saturated rings. The highest BCUT2D eigenvalue weighted by atomic mass is 32.2. The molecular formula is C8H10FNO3S. The molecular weight excluding hydrogens is 209 g/mol. The van der Waals surface area contributed by atoms with Gasteiger partial charge in [0.25, 0.3) is 0 Å². The van der Waals surface area contributed by atoms with E-state index in [1.165, 1.54) is 6.07 Å². The second kappa shape index (κ2) is 4.04. The van der Waals surface area contributed by atoms with E-state index in [-0.39, 0.29) is 12.2 Å². The average molecular weight is 219 g/mol. The lowest BCUT2D eigenvalue weighted by molar-refractivity contribution is 0.302. The van der Waals surface area contributed by atoms with Crippen LogP contribution >= 0.6 is 0 Å². The minimum Gasteiger partial charge on any atom is -0.253 e. The lowest BCUT2D eigenvalue weighted by Crippen LogP contribution is -2.16. The predicted molar refractivity (Wildman–Crippen MR) is 49.0 cm³/mol. The van der Waals surface area contributed by atoms with E-state index in [1.807, 2.05) is 0 Å². The molecule has 1 aromatic carbocycles. The zero-order valence-electron chi connectivity index (χ0n) is 7.53. The molecule has 0 radical (unpaired) electrons. The first-order valence-corrected chi connectivity index (χ1v) is 5.28. The number of halogens is 1. The van der Waals surface area contributed by atoms with Crippen molar-refractivity contribution in [2.24, 2.45) is 5.14 Å². The van der Waals surface area contributed by atoms with Gasteiger partial charge in [0, 0.05) is 5.56 Å². The second-order valence-electron chi connectivity index (χ2n) is 2.80. The molecule has 0 unspecified atom stereocenters. The standard InChI is InChI=1S/C8H10FNO3S/c1-6-3-2-4-7(8(6)9)5-13-14(10,11)12/h2-4H,5H2,1H3,(H2,10,11,12). The Bertz CT molecular complexity index is 430. The van der Waals surface area contributed by atoms with Gasteiger partial charge in [0.2, 0.25) is 0 Å². The fourth-order valence-corrected chi connectivity index (χ4v) is 1.26. The van der Waals surface area contributed by atoms with Crippen LogP contribution in [0.3, 0.4) is 0 Å². The highest BCUT2D eigenvalue weighted by molar-refractivity contribution is 7.84. The average Bonchev–Trinajstić information content (AvgIpc) is 2.06. The van der Waals surface area contributed by atoms with E-state index in [9.17, 15) is 12.8 Å². The van der Waals surface area contributed by atoms with Gasteiger partial charge in [-0.25, -0.2) is 9.53 Å². The molecule has 0 heterocycles. The largest absolute Gasteiger partial charge is 0.333 e. The minimum atomic E-state index is -4.02. The van der Waals surface area contributed by atoms with Crippen LogP contribution < -0.4 is 5.14 Å². The summed E-state index contributed by atoms with van der Waals surface area (Å²) < 4.78 is 38.4. The number of rotatable bonds is 3. The molecule has 78 valence electrons. The predicted octanol–water partition coefficient (Wildman–Crippen LogP) is 0.854. The normalized spacial score (nSPS) is 11.6. The van der Waals surface area contributed by atoms with Crippen molar-refractivity contribution < 1.29 is 17.0 Å². The molecule has 2 N–H and O–H groups in total. The third-order valence-electron chi connectivity index (χ3n) is 1.65. The van der Waals surface area contributed by atoms with E-state index < -0.39 is 16.1 Å². The van der Waals surface area contributed by atoms with E-state index in [2.05, 4.69) is 9.32 Å². The molecule has 1 aromatic rings. The summed E-state index contributed by atoms with van der Waals surface area (Å²) in [6.45, 7) is 1.20. The van der Waals surface area contributed by atoms with Gasteiger partial charge in [0.1, 0.15) is 5.82 Å². The number of hydrogen-bond acceptors (Lipinski definition) is 3. The molecule has 0 atom stereocenters. The molecule has 0 aliphatic heterocycles. The first-order valence-electron chi connectivity index (χ1n) is 3.81. The summed E-state index contributed by atoms with van der Waals surface area (Å²) in [6, 6.07) is 4.63. The fraction of sp³-hybridized carbons (Fsp3) is 0.250. The lowest BCUT2D eigenvalue weighted by atomic mass is 10.1. The Hall–Kier alpha value is -0.980. The molecule has 0 aliphatic carbocycles. The fourth-order valence-electron chi connectivity index (χ4n) is 0.965. The zero-order valence-corrected chi connectivity index (χ0v) is 8.34. The van der Waals surface area contributed by atoms with Crippen LogP contribution in [0.1, 0.15) is 11.1 Å². The van der Waals surface area contributed by atoms with Gasteiger partial charge in [0.15, 0.2) is 0 Å². The smallest absolute Gasteiger partial charge is 0.253 e. The Balaban J connectivity index is 2.83. The van der Waals surface area contributed by atoms with E-state index in [1.54, 1.807) is 19.1 Å². The van der Waals surface area contributed by atoms with Crippen LogP contribution in [0.2, 0.25) is 0 Å². The first-order chi connectivity index (χ1) is 6.40. The topological polar surface area (TPSA) is 69.4 Å². The van der Waals surface area contributed by atoms with Gasteiger partial charge < -0.3 is 0 Å². The maximum Gasteiger partial charge on any atom is 0.333 e. The van der Waals surface area contributed by atoms with Gasteiger partial charge in [-0.05, 0) is 12.5 Å². The van der Waals surface area contributed by atoms with Gasteiger partial charge in [-0.1, -0.05) is 18.2 Å². The molecule has 4 nitrogen and oxygen atoms in total. The van der Waals surface area contributed by atoms with Gasteiger partial charge in [0.05, 0.1) is 6.61 Å². The van der Waals surface area contributed by atoms with Crippen LogP contribution in [0, 0.1) is 12.7 Å². The third kappa shape index (κ3) is 3.06. The van der Waals surface area contributed by atoms with Crippen molar-refractivity contribution in [2.45, 2.75) is 13.5 Å². The van der Waals surface area contributed by atoms with E-state index >= 15 is 0 Å². The van der Waals surface area contributed by atoms with Crippen LogP contribution in [0.25, 0.3) is 0 Å². The molecule has 0 amide bonds. The van der Waals surface area contributed by atoms with Gasteiger partial charge in [-0.3, -0.25) is 4.18 Å². The first kappa shape index (κ1) is 11.1. The summed E-state index contributed by atoms with van der Waals surface area (Å²) in [5, 5.41) is 4.60. The number of benzene rings is 1. The number of aryl methyl sites for hydroxylation is 1. The molecule has 0 aromatic heterocycles. The summed E-state index contributed by atoms with van der Waals surface area (Å²) in [7, 11) is -4.02. The zero-order chi connectivity index (χ0) is 10.8. The SMILES string of the molecule is Cc1cccc(COS(N)(=O)=O)c1F. The number of hydrogen-bond donors (Lipinski definition) is 1. The number of nitrogens with two attached hydrogens (primary N) is 1. The molecule has 14 heavy (non-hydrogen) atoms. The molecule has 0 spiro atoms. The summed E-state index contributed by atoms with van der Waals surface area (Å²) in [5.41, 5.74) is 0.597. The quantitative estimate of drug-likeness (QED) is 0.819. The minimum absolute atomic E-state index is 0.166. The Morgan fingerprint density at radius 2 is 2.14 bits per heavy atom. The third-order valence-corrected chi connectivity index (χ3v) is 2.10. The highest BCUT2D eigenvalue weighted by Gasteiger charge is 2.08. The van der Waals surface area contributed by atoms with Crippen LogP contribution in [0.5, 0.6) is 0 Å². The van der Waals surface area contributed by atoms with Crippen LogP contribution in [0.15, 0.2) is 18.2 Å². The van der Waals surface area contributed by atoms with Crippen molar-refractivity contribution in [2.75, 3.05) is 0 Å². The Labute approximate surface area is 81.8 Å². The van der Waals surface area contributed by atoms with Crippen molar-refractivity contribution in [1.29, 1.82) is 0 Å². The molecule has 0 saturated heterocycles. The van der Waals surface area contributed by atoms with Crippen molar-refractivity contribution in [1.82, 2.24) is 0 Å². The molecule has 0 aliphatic rings. The Morgan fingerprint density at radius 1 is 1.50 bits per heavy atom. The maximum absolute atomic E-state index is 13.3. The van der Waals surface area contributed by atoms with E-state index in [4.69, 9.17) is 0 Å². The van der Waals surface area contributed by atoms with Crippen LogP contribution in [-0.2, 0) is 21.1 Å². The van der Waals surface area contributed by atoms with Crippen molar-refractivity contribution >= 4 is 10.3 Å². The summed E-state index contributed by atoms with van der Waals surface area (Å²) in [5.74, 6) is -0.476. The summed E-state index contributed by atoms with van der Waals surface area (Å²) in [6.07, 6.45) is 0. The highest BCUT2D eigenvalue weighted by Crippen LogP contribution is 2.13. The maximum atomic E-state index is 13.3. The van der Waals surface area contributed by atoms with E-state index in [0.29, 0.717) is 5.56 Å². The van der Waals surface area contributed by atoms with E-state index in [0.717, 1.165) is 0 Å². The van der Waals surface area contributed by atoms with Crippen molar-refractivity contribution in [3.8, 4) is 0 Å². The van der Waals surface area contributed by atoms with Crippen LogP contribution in [-0.4, -0.2) is 8.42 Å². The van der Waals surface area contributed by atoms with Gasteiger partial charge in [-0.15, -0.1) is 0 Å². The van der Waals surface area contributed by atoms with Gasteiger partial charge >= 0.3 is 10.3 Å². The Morgan fingerprint density at radius 3 is 2.71 bits per heavy atom. The van der Waals surface area contributed by atoms with Crippen LogP contribution in [0.4, 0.5) is 4.39 Å². The van der Waals surface area contributed by atoms with Crippen molar-refractivity contribution in [3.05, 3.63) is 35.1 Å². The molecule has 6 heteroatoms.